The summed E-state index contributed by atoms with van der Waals surface area (Å²) >= 11 is 12.2. The van der Waals surface area contributed by atoms with Crippen LogP contribution in [0, 0.1) is 0 Å². The molecule has 0 aliphatic rings. The zero-order valence-electron chi connectivity index (χ0n) is 10.6. The van der Waals surface area contributed by atoms with Crippen molar-refractivity contribution in [2.75, 3.05) is 0 Å². The molecule has 0 spiro atoms. The highest BCUT2D eigenvalue weighted by molar-refractivity contribution is 6.42. The number of nitrogens with zero attached hydrogens (tertiary/aromatic N) is 2. The smallest absolute Gasteiger partial charge is 0.0958 e. The van der Waals surface area contributed by atoms with Gasteiger partial charge in [-0.3, -0.25) is 0 Å². The van der Waals surface area contributed by atoms with Gasteiger partial charge in [0.25, 0.3) is 0 Å². The topological polar surface area (TPSA) is 43.8 Å². The van der Waals surface area contributed by atoms with Crippen LogP contribution in [0.4, 0.5) is 0 Å². The van der Waals surface area contributed by atoms with E-state index in [-0.39, 0.29) is 6.04 Å². The number of imidazole rings is 1. The number of halogens is 2. The maximum absolute atomic E-state index is 6.26. The van der Waals surface area contributed by atoms with Crippen LogP contribution in [-0.4, -0.2) is 9.55 Å². The lowest BCUT2D eigenvalue weighted by molar-refractivity contribution is 0.589. The van der Waals surface area contributed by atoms with Gasteiger partial charge in [-0.2, -0.15) is 0 Å². The van der Waals surface area contributed by atoms with Crippen molar-refractivity contribution in [2.24, 2.45) is 5.73 Å². The highest BCUT2D eigenvalue weighted by Gasteiger charge is 2.14. The largest absolute Gasteiger partial charge is 0.329 e. The number of rotatable bonds is 3. The van der Waals surface area contributed by atoms with Gasteiger partial charge in [0.2, 0.25) is 0 Å². The van der Waals surface area contributed by atoms with Crippen LogP contribution in [0.15, 0.2) is 48.8 Å². The van der Waals surface area contributed by atoms with Crippen molar-refractivity contribution in [3.05, 3.63) is 64.4 Å². The number of nitrogens with two attached hydrogens (primary N) is 1. The summed E-state index contributed by atoms with van der Waals surface area (Å²) in [5, 5.41) is 1.04. The average Bonchev–Trinajstić information content (AvgIpc) is 2.85. The zero-order chi connectivity index (χ0) is 14.1. The molecule has 1 aromatic heterocycles. The molecule has 20 heavy (non-hydrogen) atoms. The summed E-state index contributed by atoms with van der Waals surface area (Å²) < 4.78 is 2.03. The molecule has 1 heterocycles. The highest BCUT2D eigenvalue weighted by atomic mass is 35.5. The van der Waals surface area contributed by atoms with Crippen molar-refractivity contribution in [3.63, 3.8) is 0 Å². The summed E-state index contributed by atoms with van der Waals surface area (Å²) in [7, 11) is 0. The molecule has 0 saturated heterocycles. The van der Waals surface area contributed by atoms with Crippen LogP contribution in [0.25, 0.3) is 11.0 Å². The lowest BCUT2D eigenvalue weighted by Crippen LogP contribution is -2.17. The van der Waals surface area contributed by atoms with E-state index in [1.807, 2.05) is 41.0 Å². The van der Waals surface area contributed by atoms with E-state index in [0.29, 0.717) is 16.6 Å². The minimum absolute atomic E-state index is 0.237. The number of fused-ring (bicyclic) bond motifs is 1. The lowest BCUT2D eigenvalue weighted by atomic mass is 10.1. The van der Waals surface area contributed by atoms with Gasteiger partial charge in [-0.1, -0.05) is 47.5 Å². The van der Waals surface area contributed by atoms with E-state index in [4.69, 9.17) is 28.9 Å². The molecule has 3 nitrogen and oxygen atoms in total. The van der Waals surface area contributed by atoms with Gasteiger partial charge >= 0.3 is 0 Å². The van der Waals surface area contributed by atoms with E-state index in [1.54, 1.807) is 12.4 Å². The van der Waals surface area contributed by atoms with Gasteiger partial charge in [0.1, 0.15) is 0 Å². The fourth-order valence-electron chi connectivity index (χ4n) is 2.27. The predicted octanol–water partition coefficient (Wildman–Crippen LogP) is 4.04. The molecule has 0 fully saturated rings. The zero-order valence-corrected chi connectivity index (χ0v) is 12.1. The average molecular weight is 306 g/mol. The Morgan fingerprint density at radius 3 is 2.75 bits per heavy atom. The molecule has 3 aromatic rings. The van der Waals surface area contributed by atoms with E-state index < -0.39 is 0 Å². The van der Waals surface area contributed by atoms with E-state index in [2.05, 4.69) is 4.98 Å². The summed E-state index contributed by atoms with van der Waals surface area (Å²) in [5.41, 5.74) is 9.11. The molecule has 0 aliphatic heterocycles. The molecule has 0 aliphatic carbocycles. The number of aromatic nitrogens is 2. The van der Waals surface area contributed by atoms with Crippen LogP contribution in [0.1, 0.15) is 11.6 Å². The van der Waals surface area contributed by atoms with Crippen LogP contribution in [-0.2, 0) is 6.54 Å². The Bertz CT molecular complexity index is 752. The molecule has 0 saturated carbocycles. The molecule has 3 rings (SSSR count). The number of hydrogen-bond donors (Lipinski definition) is 1. The molecule has 1 unspecified atom stereocenters. The molecule has 0 bridgehead atoms. The molecular weight excluding hydrogens is 293 g/mol. The van der Waals surface area contributed by atoms with Crippen LogP contribution < -0.4 is 5.73 Å². The van der Waals surface area contributed by atoms with Crippen LogP contribution >= 0.6 is 23.2 Å². The van der Waals surface area contributed by atoms with Gasteiger partial charge < -0.3 is 10.3 Å². The van der Waals surface area contributed by atoms with E-state index in [1.165, 1.54) is 0 Å². The third-order valence-electron chi connectivity index (χ3n) is 3.30. The summed E-state index contributed by atoms with van der Waals surface area (Å²) in [6.07, 6.45) is 1.79. The van der Waals surface area contributed by atoms with Gasteiger partial charge in [0.15, 0.2) is 0 Å². The Morgan fingerprint density at radius 2 is 1.90 bits per heavy atom. The fraction of sp³-hybridized carbons (Fsp3) is 0.133. The Labute approximate surface area is 126 Å². The number of hydrogen-bond acceptors (Lipinski definition) is 2. The Balaban J connectivity index is 1.92. The minimum Gasteiger partial charge on any atom is -0.329 e. The molecule has 0 amide bonds. The van der Waals surface area contributed by atoms with Gasteiger partial charge in [-0.15, -0.1) is 0 Å². The maximum Gasteiger partial charge on any atom is 0.0958 e. The second-order valence-corrected chi connectivity index (χ2v) is 5.42. The van der Waals surface area contributed by atoms with E-state index in [0.717, 1.165) is 16.6 Å². The Morgan fingerprint density at radius 1 is 1.10 bits per heavy atom. The quantitative estimate of drug-likeness (QED) is 0.793. The van der Waals surface area contributed by atoms with Gasteiger partial charge in [-0.25, -0.2) is 4.98 Å². The van der Waals surface area contributed by atoms with Gasteiger partial charge in [0, 0.05) is 12.6 Å². The SMILES string of the molecule is NC(Cn1cnc2ccccc21)c1cccc(Cl)c1Cl. The van der Waals surface area contributed by atoms with E-state index in [9.17, 15) is 0 Å². The first-order valence-corrected chi connectivity index (χ1v) is 7.02. The second-order valence-electron chi connectivity index (χ2n) is 4.64. The number of benzene rings is 2. The first kappa shape index (κ1) is 13.4. The number of para-hydroxylation sites is 2. The molecular formula is C15H13Cl2N3. The van der Waals surface area contributed by atoms with Crippen molar-refractivity contribution >= 4 is 34.2 Å². The standard InChI is InChI=1S/C15H13Cl2N3/c16-11-5-3-4-10(15(11)17)12(18)8-20-9-19-13-6-1-2-7-14(13)20/h1-7,9,12H,8,18H2. The summed E-state index contributed by atoms with van der Waals surface area (Å²) in [6, 6.07) is 13.2. The second kappa shape index (κ2) is 5.44. The third kappa shape index (κ3) is 2.40. The van der Waals surface area contributed by atoms with Crippen molar-refractivity contribution in [2.45, 2.75) is 12.6 Å². The minimum atomic E-state index is -0.237. The molecule has 102 valence electrons. The highest BCUT2D eigenvalue weighted by Crippen LogP contribution is 2.30. The Hall–Kier alpha value is -1.55. The lowest BCUT2D eigenvalue weighted by Gasteiger charge is -2.15. The predicted molar refractivity (Wildman–Crippen MR) is 83.1 cm³/mol. The van der Waals surface area contributed by atoms with Crippen LogP contribution in [0.5, 0.6) is 0 Å². The Kier molecular flexibility index (Phi) is 3.66. The summed E-state index contributed by atoms with van der Waals surface area (Å²) in [5.74, 6) is 0. The molecule has 1 atom stereocenters. The van der Waals surface area contributed by atoms with Crippen molar-refractivity contribution < 1.29 is 0 Å². The van der Waals surface area contributed by atoms with Crippen molar-refractivity contribution in [1.82, 2.24) is 9.55 Å². The monoisotopic (exact) mass is 305 g/mol. The summed E-state index contributed by atoms with van der Waals surface area (Å²) in [6.45, 7) is 0.598. The van der Waals surface area contributed by atoms with Crippen LogP contribution in [0.2, 0.25) is 10.0 Å². The van der Waals surface area contributed by atoms with Crippen molar-refractivity contribution in [3.8, 4) is 0 Å². The maximum atomic E-state index is 6.26. The van der Waals surface area contributed by atoms with Gasteiger partial charge in [0.05, 0.1) is 27.4 Å². The first-order valence-electron chi connectivity index (χ1n) is 6.26. The fourth-order valence-corrected chi connectivity index (χ4v) is 2.72. The normalized spacial score (nSPS) is 12.8. The van der Waals surface area contributed by atoms with Crippen LogP contribution in [0.3, 0.4) is 0 Å². The molecule has 0 radical (unpaired) electrons. The van der Waals surface area contributed by atoms with E-state index >= 15 is 0 Å². The third-order valence-corrected chi connectivity index (χ3v) is 4.14. The summed E-state index contributed by atoms with van der Waals surface area (Å²) in [4.78, 5) is 4.35. The van der Waals surface area contributed by atoms with Crippen molar-refractivity contribution in [1.29, 1.82) is 0 Å². The first-order chi connectivity index (χ1) is 9.66. The van der Waals surface area contributed by atoms with Gasteiger partial charge in [-0.05, 0) is 23.8 Å². The molecule has 2 aromatic carbocycles. The molecule has 2 N–H and O–H groups in total. The molecule has 5 heteroatoms.